The normalized spacial score (nSPS) is 11.6. The van der Waals surface area contributed by atoms with Crippen LogP contribution in [0.5, 0.6) is 0 Å². The van der Waals surface area contributed by atoms with E-state index in [4.69, 9.17) is 16.7 Å². The number of carbonyl (C=O) groups is 1. The fourth-order valence-electron chi connectivity index (χ4n) is 1.52. The first kappa shape index (κ1) is 12.8. The van der Waals surface area contributed by atoms with Crippen molar-refractivity contribution in [2.24, 2.45) is 5.92 Å². The van der Waals surface area contributed by atoms with Crippen LogP contribution in [0.4, 0.5) is 11.4 Å². The van der Waals surface area contributed by atoms with Crippen molar-refractivity contribution < 1.29 is 4.79 Å². The maximum Gasteiger partial charge on any atom is 0.255 e. The largest absolute Gasteiger partial charge is 0.399 e. The molecule has 1 aromatic rings. The zero-order chi connectivity index (χ0) is 13.0. The van der Waals surface area contributed by atoms with Gasteiger partial charge >= 0.3 is 0 Å². The minimum atomic E-state index is -0.209. The first-order valence-electron chi connectivity index (χ1n) is 5.25. The lowest BCUT2D eigenvalue weighted by Gasteiger charge is -2.19. The average Bonchev–Trinajstić information content (AvgIpc) is 2.28. The molecular weight excluding hydrogens is 216 g/mol. The van der Waals surface area contributed by atoms with E-state index in [1.54, 1.807) is 32.2 Å². The summed E-state index contributed by atoms with van der Waals surface area (Å²) in [5, 5.41) is 8.70. The highest BCUT2D eigenvalue weighted by atomic mass is 16.2. The number of nitrogen functional groups attached to an aromatic ring is 2. The minimum Gasteiger partial charge on any atom is -0.399 e. The molecule has 0 fully saturated rings. The fourth-order valence-corrected chi connectivity index (χ4v) is 1.52. The van der Waals surface area contributed by atoms with Crippen molar-refractivity contribution in [3.8, 4) is 6.07 Å². The van der Waals surface area contributed by atoms with Gasteiger partial charge in [0.25, 0.3) is 5.91 Å². The molecule has 4 N–H and O–H groups in total. The predicted octanol–water partition coefficient (Wildman–Crippen LogP) is 1.08. The summed E-state index contributed by atoms with van der Waals surface area (Å²) in [5.41, 5.74) is 12.6. The Morgan fingerprint density at radius 3 is 2.71 bits per heavy atom. The van der Waals surface area contributed by atoms with Crippen LogP contribution in [-0.2, 0) is 0 Å². The lowest BCUT2D eigenvalue weighted by molar-refractivity contribution is 0.0786. The number of nitriles is 1. The van der Waals surface area contributed by atoms with Gasteiger partial charge in [-0.3, -0.25) is 4.79 Å². The average molecular weight is 232 g/mol. The topological polar surface area (TPSA) is 96.1 Å². The second-order valence-corrected chi connectivity index (χ2v) is 4.06. The van der Waals surface area contributed by atoms with Crippen LogP contribution in [0, 0.1) is 17.2 Å². The summed E-state index contributed by atoms with van der Waals surface area (Å²) >= 11 is 0. The van der Waals surface area contributed by atoms with Gasteiger partial charge in [0.05, 0.1) is 17.6 Å². The molecule has 0 saturated carbocycles. The van der Waals surface area contributed by atoms with E-state index in [1.165, 1.54) is 4.90 Å². The van der Waals surface area contributed by atoms with Crippen molar-refractivity contribution in [1.82, 2.24) is 4.90 Å². The third kappa shape index (κ3) is 3.11. The van der Waals surface area contributed by atoms with Gasteiger partial charge in [-0.15, -0.1) is 0 Å². The van der Waals surface area contributed by atoms with Crippen LogP contribution in [0.3, 0.4) is 0 Å². The van der Waals surface area contributed by atoms with Gasteiger partial charge in [-0.1, -0.05) is 0 Å². The van der Waals surface area contributed by atoms with Crippen LogP contribution in [0.1, 0.15) is 17.3 Å². The Hall–Kier alpha value is -2.22. The molecule has 0 spiro atoms. The molecule has 0 aromatic heterocycles. The van der Waals surface area contributed by atoms with E-state index in [9.17, 15) is 4.79 Å². The number of nitrogens with zero attached hydrogens (tertiary/aromatic N) is 2. The molecule has 0 aliphatic carbocycles. The molecule has 1 atom stereocenters. The summed E-state index contributed by atoms with van der Waals surface area (Å²) in [7, 11) is 1.64. The summed E-state index contributed by atoms with van der Waals surface area (Å²) in [6.45, 7) is 2.13. The van der Waals surface area contributed by atoms with Crippen molar-refractivity contribution in [2.75, 3.05) is 25.1 Å². The van der Waals surface area contributed by atoms with Gasteiger partial charge in [0.2, 0.25) is 0 Å². The molecule has 5 nitrogen and oxygen atoms in total. The zero-order valence-corrected chi connectivity index (χ0v) is 9.97. The van der Waals surface area contributed by atoms with Crippen molar-refractivity contribution in [1.29, 1.82) is 5.26 Å². The van der Waals surface area contributed by atoms with Gasteiger partial charge in [0, 0.05) is 25.0 Å². The van der Waals surface area contributed by atoms with Crippen LogP contribution < -0.4 is 11.5 Å². The maximum atomic E-state index is 12.0. The summed E-state index contributed by atoms with van der Waals surface area (Å²) in [4.78, 5) is 13.5. The SMILES string of the molecule is CC(C#N)CN(C)C(=O)c1ccc(N)cc1N. The standard InChI is InChI=1S/C12H16N4O/c1-8(6-13)7-16(2)12(17)10-4-3-9(14)5-11(10)15/h3-5,8H,7,14-15H2,1-2H3. The number of rotatable bonds is 3. The first-order valence-corrected chi connectivity index (χ1v) is 5.25. The number of hydrogen-bond donors (Lipinski definition) is 2. The molecular formula is C12H16N4O. The summed E-state index contributed by atoms with van der Waals surface area (Å²) < 4.78 is 0. The van der Waals surface area contributed by atoms with E-state index in [1.807, 2.05) is 0 Å². The highest BCUT2D eigenvalue weighted by Gasteiger charge is 2.16. The molecule has 0 aliphatic heterocycles. The molecule has 1 aromatic carbocycles. The summed E-state index contributed by atoms with van der Waals surface area (Å²) in [5.74, 6) is -0.413. The molecule has 0 aliphatic rings. The zero-order valence-electron chi connectivity index (χ0n) is 9.97. The molecule has 1 rings (SSSR count). The highest BCUT2D eigenvalue weighted by molar-refractivity contribution is 5.99. The smallest absolute Gasteiger partial charge is 0.255 e. The van der Waals surface area contributed by atoms with Gasteiger partial charge in [0.1, 0.15) is 0 Å². The Bertz CT molecular complexity index is 464. The molecule has 17 heavy (non-hydrogen) atoms. The minimum absolute atomic E-state index is 0.204. The number of amides is 1. The number of anilines is 2. The highest BCUT2D eigenvalue weighted by Crippen LogP contribution is 2.17. The van der Waals surface area contributed by atoms with Crippen LogP contribution in [0.15, 0.2) is 18.2 Å². The van der Waals surface area contributed by atoms with Crippen molar-refractivity contribution in [2.45, 2.75) is 6.92 Å². The Kier molecular flexibility index (Phi) is 3.94. The number of hydrogen-bond acceptors (Lipinski definition) is 4. The lowest BCUT2D eigenvalue weighted by atomic mass is 10.1. The van der Waals surface area contributed by atoms with E-state index >= 15 is 0 Å². The number of benzene rings is 1. The summed E-state index contributed by atoms with van der Waals surface area (Å²) in [6, 6.07) is 6.86. The molecule has 0 bridgehead atoms. The van der Waals surface area contributed by atoms with Crippen molar-refractivity contribution in [3.05, 3.63) is 23.8 Å². The van der Waals surface area contributed by atoms with Crippen LogP contribution in [0.25, 0.3) is 0 Å². The molecule has 0 radical (unpaired) electrons. The van der Waals surface area contributed by atoms with Gasteiger partial charge in [-0.2, -0.15) is 5.26 Å². The van der Waals surface area contributed by atoms with Crippen LogP contribution in [0.2, 0.25) is 0 Å². The Morgan fingerprint density at radius 2 is 2.18 bits per heavy atom. The van der Waals surface area contributed by atoms with Crippen molar-refractivity contribution in [3.63, 3.8) is 0 Å². The second-order valence-electron chi connectivity index (χ2n) is 4.06. The maximum absolute atomic E-state index is 12.0. The van der Waals surface area contributed by atoms with Gasteiger partial charge < -0.3 is 16.4 Å². The summed E-state index contributed by atoms with van der Waals surface area (Å²) in [6.07, 6.45) is 0. The van der Waals surface area contributed by atoms with E-state index < -0.39 is 0 Å². The molecule has 1 amide bonds. The number of nitrogens with two attached hydrogens (primary N) is 2. The first-order chi connectivity index (χ1) is 7.95. The Balaban J connectivity index is 2.86. The molecule has 5 heteroatoms. The fraction of sp³-hybridized carbons (Fsp3) is 0.333. The number of carbonyl (C=O) groups excluding carboxylic acids is 1. The Labute approximate surface area is 101 Å². The monoisotopic (exact) mass is 232 g/mol. The van der Waals surface area contributed by atoms with Crippen LogP contribution in [-0.4, -0.2) is 24.4 Å². The van der Waals surface area contributed by atoms with Gasteiger partial charge in [-0.25, -0.2) is 0 Å². The van der Waals surface area contributed by atoms with Gasteiger partial charge in [-0.05, 0) is 25.1 Å². The lowest BCUT2D eigenvalue weighted by Crippen LogP contribution is -2.31. The predicted molar refractivity (Wildman–Crippen MR) is 67.0 cm³/mol. The van der Waals surface area contributed by atoms with Crippen LogP contribution >= 0.6 is 0 Å². The van der Waals surface area contributed by atoms with E-state index in [0.29, 0.717) is 23.5 Å². The molecule has 0 heterocycles. The van der Waals surface area contributed by atoms with Crippen molar-refractivity contribution >= 4 is 17.3 Å². The molecule has 1 unspecified atom stereocenters. The van der Waals surface area contributed by atoms with E-state index in [-0.39, 0.29) is 11.8 Å². The third-order valence-corrected chi connectivity index (χ3v) is 2.42. The second kappa shape index (κ2) is 5.21. The van der Waals surface area contributed by atoms with E-state index in [0.717, 1.165) is 0 Å². The third-order valence-electron chi connectivity index (χ3n) is 2.42. The quantitative estimate of drug-likeness (QED) is 0.762. The molecule has 90 valence electrons. The van der Waals surface area contributed by atoms with E-state index in [2.05, 4.69) is 6.07 Å². The molecule has 0 saturated heterocycles. The Morgan fingerprint density at radius 1 is 1.53 bits per heavy atom. The van der Waals surface area contributed by atoms with Gasteiger partial charge in [0.15, 0.2) is 0 Å².